The van der Waals surface area contributed by atoms with E-state index in [1.165, 1.54) is 12.1 Å². The Morgan fingerprint density at radius 3 is 2.44 bits per heavy atom. The smallest absolute Gasteiger partial charge is 0.332 e. The standard InChI is InChI=1S/C32H29N5O6/c1-17-10-12-18(13-11-17)28-27-21(19-6-2-4-8-22(19)34-27)16-25-30(40)37(32(43)36(25)28)24-9-5-3-7-20(24)29(39)35-23(31(41)42)14-15-26(33)38/h2-13,23,25,28,34H,14-16H2,1H3,(H2,33,38)(H,35,39)(H,41,42)/t23-,25+,28?/m1/s1. The van der Waals surface area contributed by atoms with E-state index < -0.39 is 47.8 Å². The number of fused-ring (bicyclic) bond motifs is 4. The average molecular weight is 580 g/mol. The summed E-state index contributed by atoms with van der Waals surface area (Å²) in [6.45, 7) is 1.97. The maximum atomic E-state index is 14.2. The number of nitrogens with one attached hydrogen (secondary N) is 2. The van der Waals surface area contributed by atoms with E-state index in [-0.39, 0.29) is 30.5 Å². The van der Waals surface area contributed by atoms with Crippen molar-refractivity contribution in [3.63, 3.8) is 0 Å². The molecule has 1 unspecified atom stereocenters. The molecule has 6 rings (SSSR count). The van der Waals surface area contributed by atoms with Crippen molar-refractivity contribution in [3.05, 3.63) is 101 Å². The van der Waals surface area contributed by atoms with E-state index in [0.29, 0.717) is 0 Å². The predicted octanol–water partition coefficient (Wildman–Crippen LogP) is 3.41. The van der Waals surface area contributed by atoms with Gasteiger partial charge in [0, 0.05) is 29.4 Å². The molecule has 218 valence electrons. The number of aromatic amines is 1. The third kappa shape index (κ3) is 4.78. The van der Waals surface area contributed by atoms with Gasteiger partial charge in [0.1, 0.15) is 18.1 Å². The van der Waals surface area contributed by atoms with E-state index in [0.717, 1.165) is 38.2 Å². The van der Waals surface area contributed by atoms with E-state index in [1.807, 2.05) is 55.5 Å². The highest BCUT2D eigenvalue weighted by molar-refractivity contribution is 6.24. The Bertz CT molecular complexity index is 1800. The minimum atomic E-state index is -1.39. The lowest BCUT2D eigenvalue weighted by Gasteiger charge is -2.36. The molecule has 4 aromatic rings. The molecule has 0 radical (unpaired) electrons. The fourth-order valence-corrected chi connectivity index (χ4v) is 6.03. The zero-order valence-corrected chi connectivity index (χ0v) is 23.2. The van der Waals surface area contributed by atoms with Crippen molar-refractivity contribution in [1.82, 2.24) is 15.2 Å². The van der Waals surface area contributed by atoms with Crippen molar-refractivity contribution in [2.24, 2.45) is 5.73 Å². The van der Waals surface area contributed by atoms with Crippen LogP contribution in [0.2, 0.25) is 0 Å². The van der Waals surface area contributed by atoms with Gasteiger partial charge in [-0.05, 0) is 42.7 Å². The number of aliphatic carboxylic acids is 1. The molecule has 1 fully saturated rings. The Morgan fingerprint density at radius 1 is 1.02 bits per heavy atom. The van der Waals surface area contributed by atoms with Crippen LogP contribution >= 0.6 is 0 Å². The lowest BCUT2D eigenvalue weighted by Crippen LogP contribution is -2.44. The number of aryl methyl sites for hydroxylation is 1. The molecule has 2 aliphatic rings. The number of urea groups is 1. The second-order valence-corrected chi connectivity index (χ2v) is 10.8. The topological polar surface area (TPSA) is 166 Å². The molecule has 5 amide bonds. The number of carbonyl (C=O) groups excluding carboxylic acids is 4. The van der Waals surface area contributed by atoms with Gasteiger partial charge in [-0.1, -0.05) is 60.2 Å². The number of imide groups is 1. The minimum Gasteiger partial charge on any atom is -0.480 e. The lowest BCUT2D eigenvalue weighted by atomic mass is 9.88. The van der Waals surface area contributed by atoms with Crippen molar-refractivity contribution in [2.45, 2.75) is 44.3 Å². The van der Waals surface area contributed by atoms with Crippen LogP contribution in [0.25, 0.3) is 10.9 Å². The number of hydrogen-bond acceptors (Lipinski definition) is 5. The number of para-hydroxylation sites is 2. The van der Waals surface area contributed by atoms with Crippen molar-refractivity contribution in [3.8, 4) is 0 Å². The fourth-order valence-electron chi connectivity index (χ4n) is 6.03. The zero-order chi connectivity index (χ0) is 30.4. The first-order valence-electron chi connectivity index (χ1n) is 13.9. The van der Waals surface area contributed by atoms with Gasteiger partial charge in [0.15, 0.2) is 0 Å². The number of nitrogens with two attached hydrogens (primary N) is 1. The number of rotatable bonds is 8. The molecule has 0 saturated carbocycles. The quantitative estimate of drug-likeness (QED) is 0.234. The number of carboxylic acids is 1. The summed E-state index contributed by atoms with van der Waals surface area (Å²) >= 11 is 0. The van der Waals surface area contributed by atoms with Crippen LogP contribution in [0.15, 0.2) is 72.8 Å². The molecule has 2 aliphatic heterocycles. The predicted molar refractivity (Wildman–Crippen MR) is 157 cm³/mol. The summed E-state index contributed by atoms with van der Waals surface area (Å²) in [5, 5.41) is 13.0. The average Bonchev–Trinajstić information content (AvgIpc) is 3.48. The SMILES string of the molecule is Cc1ccc(C2c3[nH]c4ccccc4c3C[C@H]3C(=O)N(c4ccccc4C(=O)N[C@H](CCC(N)=O)C(=O)O)C(=O)N23)cc1. The number of nitrogens with zero attached hydrogens (tertiary/aromatic N) is 2. The van der Waals surface area contributed by atoms with Gasteiger partial charge in [-0.15, -0.1) is 0 Å². The molecular formula is C32H29N5O6. The summed E-state index contributed by atoms with van der Waals surface area (Å²) in [5.41, 5.74) is 9.72. The number of amides is 5. The molecule has 0 aliphatic carbocycles. The number of anilines is 1. The third-order valence-corrected chi connectivity index (χ3v) is 8.11. The number of primary amides is 1. The molecule has 43 heavy (non-hydrogen) atoms. The molecule has 3 atom stereocenters. The third-order valence-electron chi connectivity index (χ3n) is 8.11. The van der Waals surface area contributed by atoms with E-state index in [1.54, 1.807) is 17.0 Å². The summed E-state index contributed by atoms with van der Waals surface area (Å²) in [6, 6.07) is 18.3. The van der Waals surface area contributed by atoms with Gasteiger partial charge in [0.25, 0.3) is 11.8 Å². The van der Waals surface area contributed by atoms with Crippen LogP contribution in [-0.2, 0) is 20.8 Å². The molecule has 3 heterocycles. The van der Waals surface area contributed by atoms with E-state index in [4.69, 9.17) is 5.73 Å². The molecule has 1 saturated heterocycles. The van der Waals surface area contributed by atoms with Crippen molar-refractivity contribution in [1.29, 1.82) is 0 Å². The number of aromatic nitrogens is 1. The molecule has 11 nitrogen and oxygen atoms in total. The van der Waals surface area contributed by atoms with Gasteiger partial charge in [0.2, 0.25) is 5.91 Å². The van der Waals surface area contributed by atoms with Crippen LogP contribution in [-0.4, -0.2) is 56.8 Å². The second kappa shape index (κ2) is 10.8. The zero-order valence-electron chi connectivity index (χ0n) is 23.2. The first kappa shape index (κ1) is 27.7. The first-order chi connectivity index (χ1) is 20.7. The monoisotopic (exact) mass is 579 g/mol. The van der Waals surface area contributed by atoms with Crippen molar-refractivity contribution < 1.29 is 29.1 Å². The maximum absolute atomic E-state index is 14.2. The molecule has 0 spiro atoms. The molecule has 1 aromatic heterocycles. The molecular weight excluding hydrogens is 550 g/mol. The van der Waals surface area contributed by atoms with Gasteiger partial charge >= 0.3 is 12.0 Å². The van der Waals surface area contributed by atoms with Crippen LogP contribution in [0.3, 0.4) is 0 Å². The van der Waals surface area contributed by atoms with Crippen molar-refractivity contribution >= 4 is 46.3 Å². The fraction of sp³-hybridized carbons (Fsp3) is 0.219. The summed E-state index contributed by atoms with van der Waals surface area (Å²) < 4.78 is 0. The number of carboxylic acid groups (broad SMARTS) is 1. The van der Waals surface area contributed by atoms with E-state index >= 15 is 0 Å². The first-order valence-corrected chi connectivity index (χ1v) is 13.9. The molecule has 5 N–H and O–H groups in total. The second-order valence-electron chi connectivity index (χ2n) is 10.8. The largest absolute Gasteiger partial charge is 0.480 e. The Morgan fingerprint density at radius 2 is 1.72 bits per heavy atom. The van der Waals surface area contributed by atoms with E-state index in [2.05, 4.69) is 10.3 Å². The number of hydrogen-bond donors (Lipinski definition) is 4. The lowest BCUT2D eigenvalue weighted by molar-refractivity contribution is -0.139. The molecule has 3 aromatic carbocycles. The van der Waals surface area contributed by atoms with Crippen LogP contribution in [0.4, 0.5) is 10.5 Å². The highest BCUT2D eigenvalue weighted by Crippen LogP contribution is 2.45. The Labute approximate surface area is 246 Å². The Balaban J connectivity index is 1.40. The Hall–Kier alpha value is -5.45. The summed E-state index contributed by atoms with van der Waals surface area (Å²) in [6.07, 6.45) is -0.168. The summed E-state index contributed by atoms with van der Waals surface area (Å²) in [4.78, 5) is 70.7. The van der Waals surface area contributed by atoms with Crippen LogP contribution in [0, 0.1) is 6.92 Å². The van der Waals surface area contributed by atoms with Gasteiger partial charge in [-0.25, -0.2) is 14.5 Å². The maximum Gasteiger partial charge on any atom is 0.332 e. The van der Waals surface area contributed by atoms with Gasteiger partial charge in [-0.3, -0.25) is 19.3 Å². The normalized spacial score (nSPS) is 18.3. The van der Waals surface area contributed by atoms with Crippen LogP contribution in [0.5, 0.6) is 0 Å². The molecule has 11 heteroatoms. The minimum absolute atomic E-state index is 0.0413. The van der Waals surface area contributed by atoms with Gasteiger partial charge < -0.3 is 21.1 Å². The number of carbonyl (C=O) groups is 5. The summed E-state index contributed by atoms with van der Waals surface area (Å²) in [5.74, 6) is -3.33. The van der Waals surface area contributed by atoms with Crippen LogP contribution < -0.4 is 16.0 Å². The van der Waals surface area contributed by atoms with Gasteiger partial charge in [0.05, 0.1) is 11.3 Å². The number of H-pyrrole nitrogens is 1. The Kier molecular flexibility index (Phi) is 6.93. The number of benzene rings is 3. The molecule has 0 bridgehead atoms. The highest BCUT2D eigenvalue weighted by atomic mass is 16.4. The van der Waals surface area contributed by atoms with E-state index in [9.17, 15) is 29.1 Å². The van der Waals surface area contributed by atoms with Crippen LogP contribution in [0.1, 0.15) is 51.6 Å². The van der Waals surface area contributed by atoms with Crippen molar-refractivity contribution in [2.75, 3.05) is 4.90 Å². The van der Waals surface area contributed by atoms with Gasteiger partial charge in [-0.2, -0.15) is 0 Å². The highest BCUT2D eigenvalue weighted by Gasteiger charge is 2.53. The summed E-state index contributed by atoms with van der Waals surface area (Å²) in [7, 11) is 0.